The topological polar surface area (TPSA) is 173 Å². The van der Waals surface area contributed by atoms with Crippen LogP contribution in [-0.2, 0) is 35.2 Å². The van der Waals surface area contributed by atoms with Crippen molar-refractivity contribution >= 4 is 36.0 Å². The largest absolute Gasteiger partial charge is 0.458 e. The molecule has 1 aromatic carbocycles. The number of rotatable bonds is 12. The Hall–Kier alpha value is -4.36. The summed E-state index contributed by atoms with van der Waals surface area (Å²) in [6, 6.07) is 6.97. The van der Waals surface area contributed by atoms with Gasteiger partial charge in [0, 0.05) is 19.6 Å². The number of nitrogens with zero attached hydrogens (tertiary/aromatic N) is 2. The summed E-state index contributed by atoms with van der Waals surface area (Å²) in [5, 5.41) is 7.42. The number of alkyl carbamates (subject to hydrolysis) is 2. The number of urea groups is 1. The first-order valence-corrected chi connectivity index (χ1v) is 13.6. The first-order valence-electron chi connectivity index (χ1n) is 13.6. The fourth-order valence-corrected chi connectivity index (χ4v) is 3.59. The lowest BCUT2D eigenvalue weighted by Crippen LogP contribution is -2.52. The lowest BCUT2D eigenvalue weighted by Gasteiger charge is -2.25. The van der Waals surface area contributed by atoms with Gasteiger partial charge in [-0.05, 0) is 53.5 Å². The Morgan fingerprint density at radius 3 is 2.17 bits per heavy atom. The average molecular weight is 592 g/mol. The van der Waals surface area contributed by atoms with Crippen molar-refractivity contribution in [1.29, 1.82) is 0 Å². The number of esters is 1. The molecule has 1 fully saturated rings. The van der Waals surface area contributed by atoms with E-state index in [9.17, 15) is 28.8 Å². The van der Waals surface area contributed by atoms with E-state index in [0.29, 0.717) is 6.42 Å². The van der Waals surface area contributed by atoms with Gasteiger partial charge in [0.05, 0.1) is 0 Å². The minimum Gasteiger partial charge on any atom is -0.458 e. The number of benzene rings is 1. The molecule has 0 aromatic heterocycles. The van der Waals surface area contributed by atoms with Crippen LogP contribution in [-0.4, -0.2) is 95.8 Å². The smallest absolute Gasteiger partial charge is 0.408 e. The molecule has 0 radical (unpaired) electrons. The maximum atomic E-state index is 12.7. The second-order valence-corrected chi connectivity index (χ2v) is 11.6. The molecule has 3 N–H and O–H groups in total. The van der Waals surface area contributed by atoms with E-state index in [4.69, 9.17) is 14.2 Å². The van der Waals surface area contributed by atoms with Crippen LogP contribution in [0.25, 0.3) is 0 Å². The van der Waals surface area contributed by atoms with Crippen molar-refractivity contribution in [3.63, 3.8) is 0 Å². The van der Waals surface area contributed by atoms with Crippen molar-refractivity contribution in [1.82, 2.24) is 25.8 Å². The highest BCUT2D eigenvalue weighted by Gasteiger charge is 2.37. The molecule has 1 aliphatic heterocycles. The summed E-state index contributed by atoms with van der Waals surface area (Å²) in [7, 11) is 0. The molecular weight excluding hydrogens is 550 g/mol. The quantitative estimate of drug-likeness (QED) is 0.142. The summed E-state index contributed by atoms with van der Waals surface area (Å²) in [6.07, 6.45) is -1.12. The number of hydrogen-bond donors (Lipinski definition) is 3. The van der Waals surface area contributed by atoms with E-state index in [-0.39, 0.29) is 32.8 Å². The molecule has 1 aromatic rings. The monoisotopic (exact) mass is 591 g/mol. The third-order valence-electron chi connectivity index (χ3n) is 5.40. The molecule has 0 aliphatic carbocycles. The Labute approximate surface area is 245 Å². The van der Waals surface area contributed by atoms with Crippen molar-refractivity contribution < 1.29 is 43.0 Å². The highest BCUT2D eigenvalue weighted by molar-refractivity contribution is 6.04. The number of ether oxygens (including phenoxy) is 3. The van der Waals surface area contributed by atoms with Gasteiger partial charge in [0.2, 0.25) is 5.91 Å². The molecule has 14 heteroatoms. The molecule has 6 amide bonds. The van der Waals surface area contributed by atoms with E-state index < -0.39 is 59.8 Å². The molecule has 1 aliphatic rings. The van der Waals surface area contributed by atoms with Crippen LogP contribution >= 0.6 is 0 Å². The van der Waals surface area contributed by atoms with Crippen molar-refractivity contribution in [3.8, 4) is 0 Å². The number of carbonyl (C=O) groups is 6. The Bertz CT molecular complexity index is 1130. The van der Waals surface area contributed by atoms with E-state index in [1.54, 1.807) is 65.8 Å². The van der Waals surface area contributed by atoms with E-state index in [2.05, 4.69) is 16.0 Å². The second-order valence-electron chi connectivity index (χ2n) is 11.6. The van der Waals surface area contributed by atoms with Gasteiger partial charge in [0.15, 0.2) is 0 Å². The Morgan fingerprint density at radius 1 is 0.905 bits per heavy atom. The molecule has 1 atom stereocenters. The maximum absolute atomic E-state index is 12.7. The van der Waals surface area contributed by atoms with Gasteiger partial charge < -0.3 is 35.1 Å². The fourth-order valence-electron chi connectivity index (χ4n) is 3.59. The summed E-state index contributed by atoms with van der Waals surface area (Å²) >= 11 is 0. The molecular formula is C28H41N5O9. The average Bonchev–Trinajstić information content (AvgIpc) is 3.13. The molecule has 0 saturated carbocycles. The summed E-state index contributed by atoms with van der Waals surface area (Å²) in [5.41, 5.74) is -0.769. The van der Waals surface area contributed by atoms with Crippen LogP contribution in [0, 0.1) is 0 Å². The van der Waals surface area contributed by atoms with Crippen LogP contribution in [0.3, 0.4) is 0 Å². The molecule has 14 nitrogen and oxygen atoms in total. The first kappa shape index (κ1) is 33.8. The molecule has 232 valence electrons. The Kier molecular flexibility index (Phi) is 12.1. The van der Waals surface area contributed by atoms with Crippen LogP contribution < -0.4 is 16.0 Å². The van der Waals surface area contributed by atoms with Crippen molar-refractivity contribution in [3.05, 3.63) is 35.9 Å². The van der Waals surface area contributed by atoms with Crippen LogP contribution in [0.5, 0.6) is 0 Å². The Balaban J connectivity index is 1.86. The maximum Gasteiger partial charge on any atom is 0.408 e. The Morgan fingerprint density at radius 2 is 1.55 bits per heavy atom. The van der Waals surface area contributed by atoms with Gasteiger partial charge in [-0.1, -0.05) is 30.3 Å². The van der Waals surface area contributed by atoms with Crippen LogP contribution in [0.1, 0.15) is 53.5 Å². The van der Waals surface area contributed by atoms with Crippen LogP contribution in [0.15, 0.2) is 30.3 Å². The summed E-state index contributed by atoms with van der Waals surface area (Å²) < 4.78 is 15.6. The van der Waals surface area contributed by atoms with E-state index >= 15 is 0 Å². The van der Waals surface area contributed by atoms with Crippen molar-refractivity contribution in [2.24, 2.45) is 0 Å². The number of carbonyl (C=O) groups excluding carboxylic acids is 6. The van der Waals surface area contributed by atoms with Gasteiger partial charge in [-0.25, -0.2) is 19.2 Å². The summed E-state index contributed by atoms with van der Waals surface area (Å²) in [4.78, 5) is 76.6. The zero-order chi connectivity index (χ0) is 31.5. The normalized spacial score (nSPS) is 14.2. The van der Waals surface area contributed by atoms with Crippen LogP contribution in [0.4, 0.5) is 14.4 Å². The fraction of sp³-hybridized carbons (Fsp3) is 0.571. The van der Waals surface area contributed by atoms with Gasteiger partial charge in [0.25, 0.3) is 5.91 Å². The van der Waals surface area contributed by atoms with Gasteiger partial charge in [-0.3, -0.25) is 14.5 Å². The number of imide groups is 1. The molecule has 2 rings (SSSR count). The molecule has 42 heavy (non-hydrogen) atoms. The van der Waals surface area contributed by atoms with E-state index in [1.165, 1.54) is 4.90 Å². The minimum atomic E-state index is -1.30. The van der Waals surface area contributed by atoms with Gasteiger partial charge >= 0.3 is 24.2 Å². The predicted molar refractivity (Wildman–Crippen MR) is 150 cm³/mol. The van der Waals surface area contributed by atoms with Gasteiger partial charge in [0.1, 0.15) is 36.9 Å². The zero-order valence-electron chi connectivity index (χ0n) is 25.0. The first-order chi connectivity index (χ1) is 19.5. The zero-order valence-corrected chi connectivity index (χ0v) is 25.0. The summed E-state index contributed by atoms with van der Waals surface area (Å²) in [6.45, 7) is 9.36. The molecule has 1 saturated heterocycles. The third-order valence-corrected chi connectivity index (χ3v) is 5.40. The third kappa shape index (κ3) is 12.4. The molecule has 0 spiro atoms. The number of nitrogens with one attached hydrogen (secondary N) is 3. The minimum absolute atomic E-state index is 0.0349. The number of amides is 6. The second kappa shape index (κ2) is 15.0. The van der Waals surface area contributed by atoms with Gasteiger partial charge in [-0.15, -0.1) is 0 Å². The summed E-state index contributed by atoms with van der Waals surface area (Å²) in [5.74, 6) is -2.10. The van der Waals surface area contributed by atoms with Crippen LogP contribution in [0.2, 0.25) is 0 Å². The highest BCUT2D eigenvalue weighted by Crippen LogP contribution is 2.12. The van der Waals surface area contributed by atoms with Crippen molar-refractivity contribution in [2.75, 3.05) is 32.7 Å². The predicted octanol–water partition coefficient (Wildman–Crippen LogP) is 1.92. The molecule has 0 bridgehead atoms. The number of hydrogen-bond acceptors (Lipinski definition) is 9. The van der Waals surface area contributed by atoms with E-state index in [1.807, 2.05) is 6.07 Å². The SMILES string of the molecule is CC(C)(C)OC(=O)NCCCN1CC(=O)N(CC(=O)NCC(NC(=O)OCc2ccccc2)C(=O)OC(C)(C)C)C1=O. The van der Waals surface area contributed by atoms with Crippen molar-refractivity contribution in [2.45, 2.75) is 71.8 Å². The standard InChI is InChI=1S/C28H41N5O9/c1-27(2,3)41-23(36)20(31-25(38)40-18-19-11-8-7-9-12-19)15-30-21(34)16-33-22(35)17-32(26(33)39)14-10-13-29-24(37)42-28(4,5)6/h7-9,11-12,20H,10,13-18H2,1-6H3,(H,29,37)(H,30,34)(H,31,38). The lowest BCUT2D eigenvalue weighted by atomic mass is 10.2. The van der Waals surface area contributed by atoms with E-state index in [0.717, 1.165) is 10.5 Å². The molecule has 1 unspecified atom stereocenters. The molecule has 1 heterocycles. The lowest BCUT2D eigenvalue weighted by molar-refractivity contribution is -0.157. The highest BCUT2D eigenvalue weighted by atomic mass is 16.6. The van der Waals surface area contributed by atoms with Gasteiger partial charge in [-0.2, -0.15) is 0 Å².